The lowest BCUT2D eigenvalue weighted by molar-refractivity contribution is 0.447. The fraction of sp³-hybridized carbons (Fsp3) is 0.769. The average molecular weight is 223 g/mol. The molecular formula is C13H25N3. The van der Waals surface area contributed by atoms with Gasteiger partial charge in [-0.2, -0.15) is 0 Å². The summed E-state index contributed by atoms with van der Waals surface area (Å²) in [5, 5.41) is 3.48. The van der Waals surface area contributed by atoms with Gasteiger partial charge >= 0.3 is 0 Å². The van der Waals surface area contributed by atoms with Gasteiger partial charge in [0, 0.05) is 31.4 Å². The third-order valence-electron chi connectivity index (χ3n) is 2.88. The monoisotopic (exact) mass is 223 g/mol. The molecule has 0 aliphatic carbocycles. The maximum absolute atomic E-state index is 4.40. The molecule has 1 N–H and O–H groups in total. The molecule has 0 saturated heterocycles. The van der Waals surface area contributed by atoms with Gasteiger partial charge < -0.3 is 9.88 Å². The molecule has 0 fully saturated rings. The average Bonchev–Trinajstić information content (AvgIpc) is 2.70. The number of imidazole rings is 1. The highest BCUT2D eigenvalue weighted by molar-refractivity contribution is 4.92. The van der Waals surface area contributed by atoms with Crippen LogP contribution in [0.25, 0.3) is 0 Å². The van der Waals surface area contributed by atoms with E-state index >= 15 is 0 Å². The molecule has 0 aliphatic rings. The van der Waals surface area contributed by atoms with Crippen molar-refractivity contribution in [2.45, 2.75) is 53.1 Å². The minimum atomic E-state index is 0.583. The van der Waals surface area contributed by atoms with Crippen molar-refractivity contribution < 1.29 is 0 Å². The molecular weight excluding hydrogens is 198 g/mol. The van der Waals surface area contributed by atoms with E-state index in [9.17, 15) is 0 Å². The van der Waals surface area contributed by atoms with E-state index in [1.165, 1.54) is 12.2 Å². The van der Waals surface area contributed by atoms with Gasteiger partial charge in [0.15, 0.2) is 0 Å². The number of hydrogen-bond acceptors (Lipinski definition) is 2. The van der Waals surface area contributed by atoms with Crippen molar-refractivity contribution >= 4 is 0 Å². The van der Waals surface area contributed by atoms with E-state index in [1.807, 2.05) is 6.20 Å². The summed E-state index contributed by atoms with van der Waals surface area (Å²) in [7, 11) is 0. The number of rotatable bonds is 7. The Kier molecular flexibility index (Phi) is 5.53. The summed E-state index contributed by atoms with van der Waals surface area (Å²) in [4.78, 5) is 4.40. The van der Waals surface area contributed by atoms with Gasteiger partial charge in [-0.25, -0.2) is 4.98 Å². The summed E-state index contributed by atoms with van der Waals surface area (Å²) in [5.74, 6) is 1.93. The molecule has 3 heteroatoms. The van der Waals surface area contributed by atoms with Crippen LogP contribution in [0.4, 0.5) is 0 Å². The van der Waals surface area contributed by atoms with E-state index in [0.29, 0.717) is 12.0 Å². The topological polar surface area (TPSA) is 29.9 Å². The van der Waals surface area contributed by atoms with Crippen molar-refractivity contribution in [1.82, 2.24) is 14.9 Å². The van der Waals surface area contributed by atoms with Crippen molar-refractivity contribution in [3.05, 3.63) is 18.2 Å². The minimum absolute atomic E-state index is 0.583. The summed E-state index contributed by atoms with van der Waals surface area (Å²) >= 11 is 0. The molecule has 0 amide bonds. The highest BCUT2D eigenvalue weighted by atomic mass is 15.0. The van der Waals surface area contributed by atoms with Gasteiger partial charge in [-0.15, -0.1) is 0 Å². The number of aryl methyl sites for hydroxylation is 2. The van der Waals surface area contributed by atoms with Crippen LogP contribution in [0.2, 0.25) is 0 Å². The molecule has 1 aromatic heterocycles. The molecule has 1 unspecified atom stereocenters. The summed E-state index contributed by atoms with van der Waals surface area (Å²) < 4.78 is 2.22. The predicted octanol–water partition coefficient (Wildman–Crippen LogP) is 2.47. The Labute approximate surface area is 99.3 Å². The van der Waals surface area contributed by atoms with Crippen LogP contribution in [0.3, 0.4) is 0 Å². The fourth-order valence-electron chi connectivity index (χ4n) is 1.77. The third kappa shape index (κ3) is 4.35. The molecule has 1 heterocycles. The van der Waals surface area contributed by atoms with Gasteiger partial charge in [0.2, 0.25) is 0 Å². The van der Waals surface area contributed by atoms with Crippen molar-refractivity contribution in [1.29, 1.82) is 0 Å². The Morgan fingerprint density at radius 1 is 1.38 bits per heavy atom. The van der Waals surface area contributed by atoms with E-state index in [1.54, 1.807) is 0 Å². The molecule has 0 aliphatic heterocycles. The van der Waals surface area contributed by atoms with Crippen LogP contribution < -0.4 is 5.32 Å². The van der Waals surface area contributed by atoms with Crippen LogP contribution in [-0.4, -0.2) is 22.1 Å². The Morgan fingerprint density at radius 2 is 2.12 bits per heavy atom. The molecule has 3 nitrogen and oxygen atoms in total. The van der Waals surface area contributed by atoms with E-state index in [4.69, 9.17) is 0 Å². The second-order valence-electron chi connectivity index (χ2n) is 4.84. The molecule has 0 saturated carbocycles. The van der Waals surface area contributed by atoms with Crippen LogP contribution >= 0.6 is 0 Å². The van der Waals surface area contributed by atoms with Crippen LogP contribution in [0.5, 0.6) is 0 Å². The normalized spacial score (nSPS) is 13.3. The number of nitrogens with one attached hydrogen (secondary N) is 1. The van der Waals surface area contributed by atoms with Gasteiger partial charge in [-0.05, 0) is 25.8 Å². The smallest absolute Gasteiger partial charge is 0.108 e. The molecule has 1 atom stereocenters. The number of aromatic nitrogens is 2. The zero-order valence-electron chi connectivity index (χ0n) is 11.0. The SMILES string of the molecule is CCn1ccnc1CCC(C)CNC(C)C. The maximum Gasteiger partial charge on any atom is 0.108 e. The van der Waals surface area contributed by atoms with Crippen LogP contribution in [0, 0.1) is 5.92 Å². The van der Waals surface area contributed by atoms with Gasteiger partial charge in [0.25, 0.3) is 0 Å². The Hall–Kier alpha value is -0.830. The summed E-state index contributed by atoms with van der Waals surface area (Å²) in [6.07, 6.45) is 6.25. The minimum Gasteiger partial charge on any atom is -0.335 e. The first kappa shape index (κ1) is 13.2. The fourth-order valence-corrected chi connectivity index (χ4v) is 1.77. The van der Waals surface area contributed by atoms with Crippen LogP contribution in [-0.2, 0) is 13.0 Å². The standard InChI is InChI=1S/C13H25N3/c1-5-16-9-8-14-13(16)7-6-12(4)10-15-11(2)3/h8-9,11-12,15H,5-7,10H2,1-4H3. The van der Waals surface area contributed by atoms with Gasteiger partial charge in [0.1, 0.15) is 5.82 Å². The van der Waals surface area contributed by atoms with Crippen molar-refractivity contribution in [3.8, 4) is 0 Å². The van der Waals surface area contributed by atoms with E-state index in [2.05, 4.69) is 48.8 Å². The molecule has 1 aromatic rings. The maximum atomic E-state index is 4.40. The lowest BCUT2D eigenvalue weighted by atomic mass is 10.1. The molecule has 92 valence electrons. The lowest BCUT2D eigenvalue weighted by Gasteiger charge is -2.14. The number of hydrogen-bond donors (Lipinski definition) is 1. The van der Waals surface area contributed by atoms with E-state index < -0.39 is 0 Å². The predicted molar refractivity (Wildman–Crippen MR) is 68.5 cm³/mol. The van der Waals surface area contributed by atoms with Crippen LogP contribution in [0.1, 0.15) is 39.9 Å². The third-order valence-corrected chi connectivity index (χ3v) is 2.88. The first-order valence-electron chi connectivity index (χ1n) is 6.36. The van der Waals surface area contributed by atoms with Gasteiger partial charge in [-0.3, -0.25) is 0 Å². The van der Waals surface area contributed by atoms with E-state index in [0.717, 1.165) is 19.5 Å². The first-order chi connectivity index (χ1) is 7.63. The Balaban J connectivity index is 2.28. The second-order valence-corrected chi connectivity index (χ2v) is 4.84. The van der Waals surface area contributed by atoms with Gasteiger partial charge in [0.05, 0.1) is 0 Å². The molecule has 0 spiro atoms. The summed E-state index contributed by atoms with van der Waals surface area (Å²) in [6, 6.07) is 0.583. The van der Waals surface area contributed by atoms with Crippen molar-refractivity contribution in [2.75, 3.05) is 6.54 Å². The zero-order chi connectivity index (χ0) is 12.0. The summed E-state index contributed by atoms with van der Waals surface area (Å²) in [5.41, 5.74) is 0. The highest BCUT2D eigenvalue weighted by Gasteiger charge is 2.06. The number of nitrogens with zero attached hydrogens (tertiary/aromatic N) is 2. The summed E-state index contributed by atoms with van der Waals surface area (Å²) in [6.45, 7) is 11.0. The Morgan fingerprint density at radius 3 is 2.75 bits per heavy atom. The van der Waals surface area contributed by atoms with Crippen molar-refractivity contribution in [2.24, 2.45) is 5.92 Å². The Bertz CT molecular complexity index is 291. The lowest BCUT2D eigenvalue weighted by Crippen LogP contribution is -2.28. The molecule has 1 rings (SSSR count). The van der Waals surface area contributed by atoms with Gasteiger partial charge in [-0.1, -0.05) is 20.8 Å². The van der Waals surface area contributed by atoms with Crippen molar-refractivity contribution in [3.63, 3.8) is 0 Å². The molecule has 0 aromatic carbocycles. The second kappa shape index (κ2) is 6.69. The first-order valence-corrected chi connectivity index (χ1v) is 6.36. The van der Waals surface area contributed by atoms with E-state index in [-0.39, 0.29) is 0 Å². The molecule has 0 radical (unpaired) electrons. The molecule has 0 bridgehead atoms. The highest BCUT2D eigenvalue weighted by Crippen LogP contribution is 2.08. The zero-order valence-corrected chi connectivity index (χ0v) is 11.0. The quantitative estimate of drug-likeness (QED) is 0.769. The molecule has 16 heavy (non-hydrogen) atoms. The van der Waals surface area contributed by atoms with Crippen LogP contribution in [0.15, 0.2) is 12.4 Å². The largest absolute Gasteiger partial charge is 0.335 e.